The lowest BCUT2D eigenvalue weighted by Crippen LogP contribution is -2.38. The monoisotopic (exact) mass is 313 g/mol. The summed E-state index contributed by atoms with van der Waals surface area (Å²) in [5.74, 6) is 1.34. The Hall–Kier alpha value is -0.770. The molecule has 1 unspecified atom stereocenters. The van der Waals surface area contributed by atoms with Crippen LogP contribution < -0.4 is 4.74 Å². The van der Waals surface area contributed by atoms with Crippen LogP contribution in [0.4, 0.5) is 0 Å². The summed E-state index contributed by atoms with van der Waals surface area (Å²) < 4.78 is 5.83. The Morgan fingerprint density at radius 2 is 1.81 bits per heavy atom. The normalized spacial score (nSPS) is 17.3. The number of hydrogen-bond acceptors (Lipinski definition) is 3. The van der Waals surface area contributed by atoms with Crippen LogP contribution in [-0.4, -0.2) is 42.4 Å². The van der Waals surface area contributed by atoms with E-state index in [1.54, 1.807) is 0 Å². The molecule has 1 atom stereocenters. The number of likely N-dealkylation sites (tertiary alicyclic amines) is 1. The number of rotatable bonds is 6. The third-order valence-corrected chi connectivity index (χ3v) is 3.89. The van der Waals surface area contributed by atoms with E-state index in [-0.39, 0.29) is 12.4 Å². The van der Waals surface area contributed by atoms with Gasteiger partial charge in [0.15, 0.2) is 0 Å². The first-order chi connectivity index (χ1) is 9.66. The molecular formula is C17H28ClNO2. The van der Waals surface area contributed by atoms with Gasteiger partial charge < -0.3 is 14.7 Å². The van der Waals surface area contributed by atoms with E-state index in [4.69, 9.17) is 4.74 Å². The van der Waals surface area contributed by atoms with E-state index in [0.29, 0.717) is 12.5 Å². The maximum atomic E-state index is 10.1. The van der Waals surface area contributed by atoms with Gasteiger partial charge >= 0.3 is 0 Å². The second kappa shape index (κ2) is 9.29. The molecule has 1 aliphatic rings. The Labute approximate surface area is 134 Å². The second-order valence-corrected chi connectivity index (χ2v) is 6.02. The number of hydrogen-bond donors (Lipinski definition) is 1. The second-order valence-electron chi connectivity index (χ2n) is 6.02. The van der Waals surface area contributed by atoms with E-state index < -0.39 is 6.10 Å². The van der Waals surface area contributed by atoms with Gasteiger partial charge in [0, 0.05) is 6.54 Å². The predicted octanol–water partition coefficient (Wildman–Crippen LogP) is 3.46. The lowest BCUT2D eigenvalue weighted by atomic mass is 10.0. The first kappa shape index (κ1) is 18.3. The fraction of sp³-hybridized carbons (Fsp3) is 0.647. The molecule has 0 amide bonds. The Morgan fingerprint density at radius 3 is 2.48 bits per heavy atom. The maximum absolute atomic E-state index is 10.1. The topological polar surface area (TPSA) is 32.7 Å². The number of aliphatic hydroxyl groups excluding tert-OH is 1. The minimum atomic E-state index is -0.409. The number of halogens is 1. The molecule has 21 heavy (non-hydrogen) atoms. The maximum Gasteiger partial charge on any atom is 0.122 e. The van der Waals surface area contributed by atoms with Crippen LogP contribution in [0.1, 0.15) is 44.6 Å². The Morgan fingerprint density at radius 1 is 1.14 bits per heavy atom. The minimum Gasteiger partial charge on any atom is -0.491 e. The van der Waals surface area contributed by atoms with Crippen LogP contribution in [0.3, 0.4) is 0 Å². The van der Waals surface area contributed by atoms with Crippen LogP contribution in [0.2, 0.25) is 0 Å². The van der Waals surface area contributed by atoms with Gasteiger partial charge in [0.1, 0.15) is 18.5 Å². The Kier molecular flexibility index (Phi) is 8.09. The number of benzene rings is 1. The first-order valence-corrected chi connectivity index (χ1v) is 7.79. The summed E-state index contributed by atoms with van der Waals surface area (Å²) in [6.45, 7) is 7.64. The highest BCUT2D eigenvalue weighted by atomic mass is 35.5. The summed E-state index contributed by atoms with van der Waals surface area (Å²) in [4.78, 5) is 2.34. The fourth-order valence-corrected chi connectivity index (χ4v) is 2.77. The molecule has 2 rings (SSSR count). The molecule has 3 nitrogen and oxygen atoms in total. The largest absolute Gasteiger partial charge is 0.491 e. The summed E-state index contributed by atoms with van der Waals surface area (Å²) in [5.41, 5.74) is 1.21. The van der Waals surface area contributed by atoms with Crippen molar-refractivity contribution in [2.45, 2.75) is 45.1 Å². The van der Waals surface area contributed by atoms with Gasteiger partial charge in [0.2, 0.25) is 0 Å². The van der Waals surface area contributed by atoms with Crippen molar-refractivity contribution in [3.8, 4) is 5.75 Å². The third-order valence-electron chi connectivity index (χ3n) is 3.89. The molecule has 0 saturated carbocycles. The molecule has 0 radical (unpaired) electrons. The summed E-state index contributed by atoms with van der Waals surface area (Å²) in [6, 6.07) is 8.10. The molecule has 120 valence electrons. The number of β-amino-alcohol motifs (C(OH)–C–C–N with tert-alkyl or cyclic N) is 1. The highest BCUT2D eigenvalue weighted by Gasteiger charge is 2.15. The predicted molar refractivity (Wildman–Crippen MR) is 89.6 cm³/mol. The molecule has 1 aromatic carbocycles. The number of aliphatic hydroxyl groups is 1. The van der Waals surface area contributed by atoms with Crippen molar-refractivity contribution in [2.24, 2.45) is 0 Å². The molecule has 4 heteroatoms. The van der Waals surface area contributed by atoms with Gasteiger partial charge in [-0.15, -0.1) is 12.4 Å². The summed E-state index contributed by atoms with van der Waals surface area (Å²) in [7, 11) is 0. The van der Waals surface area contributed by atoms with E-state index in [1.165, 1.54) is 24.8 Å². The van der Waals surface area contributed by atoms with Crippen LogP contribution in [0.15, 0.2) is 24.3 Å². The van der Waals surface area contributed by atoms with Crippen LogP contribution in [-0.2, 0) is 0 Å². The number of piperidine rings is 1. The number of nitrogens with zero attached hydrogens (tertiary/aromatic N) is 1. The van der Waals surface area contributed by atoms with Gasteiger partial charge in [-0.25, -0.2) is 0 Å². The number of para-hydroxylation sites is 1. The van der Waals surface area contributed by atoms with Gasteiger partial charge in [0.05, 0.1) is 0 Å². The summed E-state index contributed by atoms with van der Waals surface area (Å²) >= 11 is 0. The molecule has 1 aliphatic heterocycles. The van der Waals surface area contributed by atoms with Crippen molar-refractivity contribution < 1.29 is 9.84 Å². The van der Waals surface area contributed by atoms with Crippen molar-refractivity contribution in [3.05, 3.63) is 29.8 Å². The van der Waals surface area contributed by atoms with Gasteiger partial charge in [-0.05, 0) is 43.5 Å². The van der Waals surface area contributed by atoms with Crippen LogP contribution in [0.25, 0.3) is 0 Å². The van der Waals surface area contributed by atoms with E-state index in [0.717, 1.165) is 25.4 Å². The van der Waals surface area contributed by atoms with Crippen LogP contribution >= 0.6 is 12.4 Å². The molecule has 1 N–H and O–H groups in total. The van der Waals surface area contributed by atoms with Crippen LogP contribution in [0, 0.1) is 0 Å². The van der Waals surface area contributed by atoms with Crippen molar-refractivity contribution in [1.29, 1.82) is 0 Å². The fourth-order valence-electron chi connectivity index (χ4n) is 2.77. The lowest BCUT2D eigenvalue weighted by molar-refractivity contribution is 0.0613. The van der Waals surface area contributed by atoms with Crippen molar-refractivity contribution in [1.82, 2.24) is 4.90 Å². The minimum absolute atomic E-state index is 0. The summed E-state index contributed by atoms with van der Waals surface area (Å²) in [6.07, 6.45) is 3.42. The van der Waals surface area contributed by atoms with Gasteiger partial charge in [-0.3, -0.25) is 0 Å². The molecular weight excluding hydrogens is 286 g/mol. The van der Waals surface area contributed by atoms with Gasteiger partial charge in [-0.2, -0.15) is 0 Å². The standard InChI is InChI=1S/C17H27NO2.ClH/c1-14(2)16-8-4-5-9-17(16)20-13-15(19)12-18-10-6-3-7-11-18;/h4-5,8-9,14-15,19H,3,6-7,10-13H2,1-2H3;1H. The van der Waals surface area contributed by atoms with Crippen molar-refractivity contribution >= 4 is 12.4 Å². The van der Waals surface area contributed by atoms with E-state index >= 15 is 0 Å². The zero-order chi connectivity index (χ0) is 14.4. The van der Waals surface area contributed by atoms with E-state index in [1.807, 2.05) is 18.2 Å². The Balaban J connectivity index is 0.00000220. The van der Waals surface area contributed by atoms with Crippen molar-refractivity contribution in [3.63, 3.8) is 0 Å². The summed E-state index contributed by atoms with van der Waals surface area (Å²) in [5, 5.41) is 10.1. The molecule has 0 aliphatic carbocycles. The zero-order valence-corrected chi connectivity index (χ0v) is 13.9. The van der Waals surface area contributed by atoms with Crippen molar-refractivity contribution in [2.75, 3.05) is 26.2 Å². The highest BCUT2D eigenvalue weighted by molar-refractivity contribution is 5.85. The quantitative estimate of drug-likeness (QED) is 0.873. The molecule has 1 fully saturated rings. The van der Waals surface area contributed by atoms with Crippen LogP contribution in [0.5, 0.6) is 5.75 Å². The van der Waals surface area contributed by atoms with Gasteiger partial charge in [-0.1, -0.05) is 38.5 Å². The molecule has 0 aromatic heterocycles. The Bertz CT molecular complexity index is 406. The molecule has 1 aromatic rings. The van der Waals surface area contributed by atoms with Gasteiger partial charge in [0.25, 0.3) is 0 Å². The van der Waals surface area contributed by atoms with E-state index in [9.17, 15) is 5.11 Å². The highest BCUT2D eigenvalue weighted by Crippen LogP contribution is 2.25. The van der Waals surface area contributed by atoms with E-state index in [2.05, 4.69) is 24.8 Å². The number of ether oxygens (including phenoxy) is 1. The average Bonchev–Trinajstić information content (AvgIpc) is 2.46. The first-order valence-electron chi connectivity index (χ1n) is 7.79. The molecule has 1 saturated heterocycles. The molecule has 0 bridgehead atoms. The molecule has 1 heterocycles. The SMILES string of the molecule is CC(C)c1ccccc1OCC(O)CN1CCCCC1.Cl. The average molecular weight is 314 g/mol. The zero-order valence-electron chi connectivity index (χ0n) is 13.1. The molecule has 0 spiro atoms. The smallest absolute Gasteiger partial charge is 0.122 e. The third kappa shape index (κ3) is 5.85. The lowest BCUT2D eigenvalue weighted by Gasteiger charge is -2.28.